The number of rotatable bonds is 4. The molecule has 6 heteroatoms. The highest BCUT2D eigenvalue weighted by molar-refractivity contribution is 5.85. The SMILES string of the molecule is CCOc1cc(N2CCCC(CN)C2)ncn1.Cl. The number of halogens is 1. The number of anilines is 1. The third-order valence-corrected chi connectivity index (χ3v) is 3.10. The Bertz CT molecular complexity index is 364. The standard InChI is InChI=1S/C12H20N4O.ClH/c1-2-17-12-6-11(14-9-15-12)16-5-3-4-10(7-13)8-16;/h6,9-10H,2-5,7-8,13H2,1H3;1H. The van der Waals surface area contributed by atoms with Crippen molar-refractivity contribution in [3.05, 3.63) is 12.4 Å². The number of piperidine rings is 1. The maximum absolute atomic E-state index is 5.74. The first-order valence-electron chi connectivity index (χ1n) is 6.23. The van der Waals surface area contributed by atoms with Crippen LogP contribution in [0.1, 0.15) is 19.8 Å². The van der Waals surface area contributed by atoms with Gasteiger partial charge in [0.15, 0.2) is 0 Å². The zero-order chi connectivity index (χ0) is 12.1. The quantitative estimate of drug-likeness (QED) is 0.899. The predicted octanol–water partition coefficient (Wildman–Crippen LogP) is 1.47. The second kappa shape index (κ2) is 7.38. The van der Waals surface area contributed by atoms with E-state index in [0.29, 0.717) is 18.4 Å². The third-order valence-electron chi connectivity index (χ3n) is 3.10. The van der Waals surface area contributed by atoms with E-state index in [-0.39, 0.29) is 12.4 Å². The number of aromatic nitrogens is 2. The first-order chi connectivity index (χ1) is 8.33. The summed E-state index contributed by atoms with van der Waals surface area (Å²) in [6.07, 6.45) is 3.96. The van der Waals surface area contributed by atoms with Gasteiger partial charge in [-0.15, -0.1) is 12.4 Å². The van der Waals surface area contributed by atoms with E-state index in [0.717, 1.165) is 25.5 Å². The number of hydrogen-bond acceptors (Lipinski definition) is 5. The Morgan fingerprint density at radius 3 is 3.06 bits per heavy atom. The summed E-state index contributed by atoms with van der Waals surface area (Å²) in [7, 11) is 0. The summed E-state index contributed by atoms with van der Waals surface area (Å²) < 4.78 is 5.39. The number of nitrogens with zero attached hydrogens (tertiary/aromatic N) is 3. The molecule has 0 aliphatic carbocycles. The van der Waals surface area contributed by atoms with Gasteiger partial charge < -0.3 is 15.4 Å². The molecule has 0 saturated carbocycles. The van der Waals surface area contributed by atoms with E-state index in [1.807, 2.05) is 13.0 Å². The van der Waals surface area contributed by atoms with E-state index in [4.69, 9.17) is 10.5 Å². The summed E-state index contributed by atoms with van der Waals surface area (Å²) in [5.41, 5.74) is 5.74. The van der Waals surface area contributed by atoms with Crippen LogP contribution in [-0.2, 0) is 0 Å². The van der Waals surface area contributed by atoms with Gasteiger partial charge in [0.1, 0.15) is 12.1 Å². The third kappa shape index (κ3) is 3.71. The van der Waals surface area contributed by atoms with Crippen LogP contribution in [0, 0.1) is 5.92 Å². The van der Waals surface area contributed by atoms with Crippen LogP contribution < -0.4 is 15.4 Å². The molecular weight excluding hydrogens is 252 g/mol. The van der Waals surface area contributed by atoms with Crippen LogP contribution in [0.15, 0.2) is 12.4 Å². The van der Waals surface area contributed by atoms with E-state index in [1.165, 1.54) is 12.8 Å². The lowest BCUT2D eigenvalue weighted by atomic mass is 9.98. The summed E-state index contributed by atoms with van der Waals surface area (Å²) in [4.78, 5) is 10.7. The summed E-state index contributed by atoms with van der Waals surface area (Å²) in [6, 6.07) is 1.91. The van der Waals surface area contributed by atoms with E-state index in [2.05, 4.69) is 14.9 Å². The van der Waals surface area contributed by atoms with Crippen LogP contribution in [0.3, 0.4) is 0 Å². The van der Waals surface area contributed by atoms with Crippen LogP contribution >= 0.6 is 12.4 Å². The van der Waals surface area contributed by atoms with Gasteiger partial charge in [-0.1, -0.05) is 0 Å². The van der Waals surface area contributed by atoms with Gasteiger partial charge >= 0.3 is 0 Å². The molecule has 0 bridgehead atoms. The summed E-state index contributed by atoms with van der Waals surface area (Å²) in [5, 5.41) is 0. The molecule has 0 aromatic carbocycles. The zero-order valence-corrected chi connectivity index (χ0v) is 11.5. The highest BCUT2D eigenvalue weighted by atomic mass is 35.5. The van der Waals surface area contributed by atoms with Gasteiger partial charge in [0.25, 0.3) is 0 Å². The maximum atomic E-state index is 5.74. The molecule has 102 valence electrons. The minimum atomic E-state index is 0. The van der Waals surface area contributed by atoms with Gasteiger partial charge in [-0.2, -0.15) is 0 Å². The zero-order valence-electron chi connectivity index (χ0n) is 10.7. The average molecular weight is 273 g/mol. The van der Waals surface area contributed by atoms with Crippen molar-refractivity contribution in [2.75, 3.05) is 31.1 Å². The molecule has 5 nitrogen and oxygen atoms in total. The minimum absolute atomic E-state index is 0. The number of hydrogen-bond donors (Lipinski definition) is 1. The van der Waals surface area contributed by atoms with Crippen molar-refractivity contribution in [3.63, 3.8) is 0 Å². The molecule has 1 aromatic rings. The van der Waals surface area contributed by atoms with Crippen molar-refractivity contribution in [3.8, 4) is 5.88 Å². The molecule has 1 aliphatic rings. The lowest BCUT2D eigenvalue weighted by Gasteiger charge is -2.32. The Balaban J connectivity index is 0.00000162. The molecule has 2 heterocycles. The van der Waals surface area contributed by atoms with Crippen molar-refractivity contribution in [1.29, 1.82) is 0 Å². The summed E-state index contributed by atoms with van der Waals surface area (Å²) in [5.74, 6) is 2.17. The summed E-state index contributed by atoms with van der Waals surface area (Å²) in [6.45, 7) is 5.35. The van der Waals surface area contributed by atoms with Crippen LogP contribution in [0.25, 0.3) is 0 Å². The van der Waals surface area contributed by atoms with Crippen LogP contribution in [0.4, 0.5) is 5.82 Å². The Morgan fingerprint density at radius 1 is 1.50 bits per heavy atom. The average Bonchev–Trinajstić information content (AvgIpc) is 2.40. The van der Waals surface area contributed by atoms with E-state index in [9.17, 15) is 0 Å². The summed E-state index contributed by atoms with van der Waals surface area (Å²) >= 11 is 0. The molecule has 0 spiro atoms. The van der Waals surface area contributed by atoms with Gasteiger partial charge in [-0.05, 0) is 32.2 Å². The van der Waals surface area contributed by atoms with Gasteiger partial charge in [0, 0.05) is 19.2 Å². The van der Waals surface area contributed by atoms with Gasteiger partial charge in [-0.25, -0.2) is 9.97 Å². The second-order valence-electron chi connectivity index (χ2n) is 4.34. The molecule has 1 aliphatic heterocycles. The highest BCUT2D eigenvalue weighted by Gasteiger charge is 2.20. The van der Waals surface area contributed by atoms with E-state index in [1.54, 1.807) is 6.33 Å². The molecule has 1 atom stereocenters. The number of ether oxygens (including phenoxy) is 1. The lowest BCUT2D eigenvalue weighted by molar-refractivity contribution is 0.326. The van der Waals surface area contributed by atoms with Crippen molar-refractivity contribution >= 4 is 18.2 Å². The fourth-order valence-electron chi connectivity index (χ4n) is 2.20. The molecule has 1 unspecified atom stereocenters. The molecule has 1 aromatic heterocycles. The molecule has 2 N–H and O–H groups in total. The van der Waals surface area contributed by atoms with Gasteiger partial charge in [0.05, 0.1) is 6.61 Å². The van der Waals surface area contributed by atoms with Crippen LogP contribution in [0.5, 0.6) is 5.88 Å². The van der Waals surface area contributed by atoms with Gasteiger partial charge in [-0.3, -0.25) is 0 Å². The van der Waals surface area contributed by atoms with Crippen molar-refractivity contribution in [1.82, 2.24) is 9.97 Å². The van der Waals surface area contributed by atoms with Gasteiger partial charge in [0.2, 0.25) is 5.88 Å². The van der Waals surface area contributed by atoms with Crippen molar-refractivity contribution < 1.29 is 4.74 Å². The fourth-order valence-corrected chi connectivity index (χ4v) is 2.20. The lowest BCUT2D eigenvalue weighted by Crippen LogP contribution is -2.38. The highest BCUT2D eigenvalue weighted by Crippen LogP contribution is 2.22. The van der Waals surface area contributed by atoms with E-state index < -0.39 is 0 Å². The Labute approximate surface area is 114 Å². The van der Waals surface area contributed by atoms with E-state index >= 15 is 0 Å². The topological polar surface area (TPSA) is 64.3 Å². The molecule has 1 saturated heterocycles. The molecule has 2 rings (SSSR count). The molecule has 0 amide bonds. The van der Waals surface area contributed by atoms with Crippen LogP contribution in [0.2, 0.25) is 0 Å². The molecule has 0 radical (unpaired) electrons. The Morgan fingerprint density at radius 2 is 2.33 bits per heavy atom. The van der Waals surface area contributed by atoms with Crippen molar-refractivity contribution in [2.24, 2.45) is 11.7 Å². The molecule has 18 heavy (non-hydrogen) atoms. The second-order valence-corrected chi connectivity index (χ2v) is 4.34. The Hall–Kier alpha value is -1.07. The van der Waals surface area contributed by atoms with Crippen LogP contribution in [-0.4, -0.2) is 36.2 Å². The fraction of sp³-hybridized carbons (Fsp3) is 0.667. The monoisotopic (exact) mass is 272 g/mol. The smallest absolute Gasteiger partial charge is 0.218 e. The molecular formula is C12H21ClN4O. The Kier molecular flexibility index (Phi) is 6.15. The minimum Gasteiger partial charge on any atom is -0.478 e. The normalized spacial score (nSPS) is 19.2. The predicted molar refractivity (Wildman–Crippen MR) is 74.4 cm³/mol. The number of nitrogens with two attached hydrogens (primary N) is 1. The largest absolute Gasteiger partial charge is 0.478 e. The molecule has 1 fully saturated rings. The maximum Gasteiger partial charge on any atom is 0.218 e. The van der Waals surface area contributed by atoms with Crippen molar-refractivity contribution in [2.45, 2.75) is 19.8 Å². The first kappa shape index (κ1) is 15.0. The first-order valence-corrected chi connectivity index (χ1v) is 6.23.